The number of carbonyl (C=O) groups is 2. The van der Waals surface area contributed by atoms with Crippen LogP contribution in [0.4, 0.5) is 5.00 Å². The van der Waals surface area contributed by atoms with E-state index in [2.05, 4.69) is 5.32 Å². The summed E-state index contributed by atoms with van der Waals surface area (Å²) in [6, 6.07) is 0. The number of ether oxygens (including phenoxy) is 1. The quantitative estimate of drug-likeness (QED) is 0.636. The molecule has 0 radical (unpaired) electrons. The SMILES string of the molecule is CCOC(=O)c1c(NC=O)sc(C)c1CC. The van der Waals surface area contributed by atoms with E-state index in [0.717, 1.165) is 16.9 Å². The summed E-state index contributed by atoms with van der Waals surface area (Å²) >= 11 is 1.40. The van der Waals surface area contributed by atoms with Gasteiger partial charge in [0.05, 0.1) is 12.2 Å². The number of esters is 1. The highest BCUT2D eigenvalue weighted by Crippen LogP contribution is 2.33. The van der Waals surface area contributed by atoms with E-state index in [9.17, 15) is 9.59 Å². The van der Waals surface area contributed by atoms with Gasteiger partial charge in [-0.25, -0.2) is 4.79 Å². The van der Waals surface area contributed by atoms with E-state index >= 15 is 0 Å². The van der Waals surface area contributed by atoms with Gasteiger partial charge in [-0.3, -0.25) is 4.79 Å². The fourth-order valence-electron chi connectivity index (χ4n) is 1.58. The molecule has 0 unspecified atom stereocenters. The minimum Gasteiger partial charge on any atom is -0.462 e. The van der Waals surface area contributed by atoms with E-state index in [0.29, 0.717) is 23.6 Å². The molecule has 1 aromatic rings. The van der Waals surface area contributed by atoms with Gasteiger partial charge in [-0.1, -0.05) is 6.92 Å². The van der Waals surface area contributed by atoms with Crippen molar-refractivity contribution in [2.24, 2.45) is 0 Å². The van der Waals surface area contributed by atoms with Crippen molar-refractivity contribution in [1.82, 2.24) is 0 Å². The predicted molar refractivity (Wildman–Crippen MR) is 64.1 cm³/mol. The Morgan fingerprint density at radius 1 is 1.50 bits per heavy atom. The van der Waals surface area contributed by atoms with Crippen molar-refractivity contribution in [2.75, 3.05) is 11.9 Å². The van der Waals surface area contributed by atoms with Gasteiger partial charge in [0.25, 0.3) is 0 Å². The molecule has 0 spiro atoms. The first-order chi connectivity index (χ1) is 7.65. The Morgan fingerprint density at radius 3 is 2.69 bits per heavy atom. The number of nitrogens with one attached hydrogen (secondary N) is 1. The van der Waals surface area contributed by atoms with Crippen molar-refractivity contribution in [2.45, 2.75) is 27.2 Å². The highest BCUT2D eigenvalue weighted by atomic mass is 32.1. The molecule has 1 rings (SSSR count). The molecule has 5 heteroatoms. The molecule has 0 saturated heterocycles. The Bertz CT molecular complexity index is 398. The summed E-state index contributed by atoms with van der Waals surface area (Å²) in [5.74, 6) is -0.368. The third-order valence-electron chi connectivity index (χ3n) is 2.23. The van der Waals surface area contributed by atoms with Crippen LogP contribution < -0.4 is 5.32 Å². The fourth-order valence-corrected chi connectivity index (χ4v) is 2.67. The first-order valence-electron chi connectivity index (χ1n) is 5.15. The third kappa shape index (κ3) is 2.41. The van der Waals surface area contributed by atoms with Gasteiger partial charge in [-0.2, -0.15) is 0 Å². The topological polar surface area (TPSA) is 55.4 Å². The lowest BCUT2D eigenvalue weighted by Crippen LogP contribution is -2.09. The average Bonchev–Trinajstić information content (AvgIpc) is 2.55. The molecule has 1 N–H and O–H groups in total. The summed E-state index contributed by atoms with van der Waals surface area (Å²) in [5, 5.41) is 3.12. The van der Waals surface area contributed by atoms with E-state index in [-0.39, 0.29) is 5.97 Å². The summed E-state index contributed by atoms with van der Waals surface area (Å²) in [6.07, 6.45) is 1.32. The van der Waals surface area contributed by atoms with Crippen LogP contribution in [0.25, 0.3) is 0 Å². The monoisotopic (exact) mass is 241 g/mol. The van der Waals surface area contributed by atoms with Crippen molar-refractivity contribution in [3.8, 4) is 0 Å². The first-order valence-corrected chi connectivity index (χ1v) is 5.96. The van der Waals surface area contributed by atoms with Crippen LogP contribution in [0.3, 0.4) is 0 Å². The molecule has 0 saturated carbocycles. The molecule has 1 heterocycles. The maximum atomic E-state index is 11.8. The van der Waals surface area contributed by atoms with Crippen molar-refractivity contribution >= 4 is 28.7 Å². The van der Waals surface area contributed by atoms with Crippen LogP contribution in [0, 0.1) is 6.92 Å². The molecule has 0 aliphatic carbocycles. The van der Waals surface area contributed by atoms with Crippen LogP contribution in [0.15, 0.2) is 0 Å². The maximum absolute atomic E-state index is 11.8. The largest absolute Gasteiger partial charge is 0.462 e. The lowest BCUT2D eigenvalue weighted by Gasteiger charge is -2.05. The Balaban J connectivity index is 3.19. The molecule has 0 aliphatic rings. The Hall–Kier alpha value is -1.36. The van der Waals surface area contributed by atoms with Gasteiger partial charge >= 0.3 is 5.97 Å². The smallest absolute Gasteiger partial charge is 0.341 e. The second-order valence-electron chi connectivity index (χ2n) is 3.18. The number of aryl methyl sites for hydroxylation is 1. The van der Waals surface area contributed by atoms with Crippen molar-refractivity contribution in [1.29, 1.82) is 0 Å². The highest BCUT2D eigenvalue weighted by Gasteiger charge is 2.21. The molecule has 0 fully saturated rings. The molecule has 88 valence electrons. The molecule has 16 heavy (non-hydrogen) atoms. The normalized spacial score (nSPS) is 9.94. The van der Waals surface area contributed by atoms with E-state index < -0.39 is 0 Å². The predicted octanol–water partition coefficient (Wildman–Crippen LogP) is 2.36. The van der Waals surface area contributed by atoms with Crippen LogP contribution in [-0.4, -0.2) is 19.0 Å². The maximum Gasteiger partial charge on any atom is 0.341 e. The number of thiophene rings is 1. The molecule has 0 aromatic carbocycles. The zero-order chi connectivity index (χ0) is 12.1. The number of carbonyl (C=O) groups excluding carboxylic acids is 2. The lowest BCUT2D eigenvalue weighted by molar-refractivity contribution is -0.105. The van der Waals surface area contributed by atoms with Crippen LogP contribution in [-0.2, 0) is 16.0 Å². The van der Waals surface area contributed by atoms with Gasteiger partial charge in [0.2, 0.25) is 6.41 Å². The molecule has 4 nitrogen and oxygen atoms in total. The van der Waals surface area contributed by atoms with Gasteiger partial charge in [-0.05, 0) is 25.8 Å². The number of amides is 1. The lowest BCUT2D eigenvalue weighted by atomic mass is 10.1. The average molecular weight is 241 g/mol. The number of anilines is 1. The molecular formula is C11H15NO3S. The number of rotatable bonds is 5. The van der Waals surface area contributed by atoms with Gasteiger partial charge in [0.15, 0.2) is 0 Å². The van der Waals surface area contributed by atoms with E-state index in [1.54, 1.807) is 6.92 Å². The minimum atomic E-state index is -0.368. The zero-order valence-electron chi connectivity index (χ0n) is 9.62. The summed E-state index contributed by atoms with van der Waals surface area (Å²) in [4.78, 5) is 23.3. The van der Waals surface area contributed by atoms with Gasteiger partial charge in [0, 0.05) is 4.88 Å². The van der Waals surface area contributed by atoms with Gasteiger partial charge in [-0.15, -0.1) is 11.3 Å². The fraction of sp³-hybridized carbons (Fsp3) is 0.455. The van der Waals surface area contributed by atoms with Crippen molar-refractivity contribution in [3.05, 3.63) is 16.0 Å². The van der Waals surface area contributed by atoms with E-state index in [4.69, 9.17) is 4.74 Å². The van der Waals surface area contributed by atoms with Crippen LogP contribution in [0.1, 0.15) is 34.6 Å². The summed E-state index contributed by atoms with van der Waals surface area (Å²) in [7, 11) is 0. The van der Waals surface area contributed by atoms with Crippen LogP contribution >= 0.6 is 11.3 Å². The van der Waals surface area contributed by atoms with Crippen molar-refractivity contribution in [3.63, 3.8) is 0 Å². The molecular weight excluding hydrogens is 226 g/mol. The van der Waals surface area contributed by atoms with Crippen molar-refractivity contribution < 1.29 is 14.3 Å². The highest BCUT2D eigenvalue weighted by molar-refractivity contribution is 7.16. The first kappa shape index (κ1) is 12.7. The number of hydrogen-bond donors (Lipinski definition) is 1. The molecule has 0 bridgehead atoms. The van der Waals surface area contributed by atoms with Crippen LogP contribution in [0.2, 0.25) is 0 Å². The number of hydrogen-bond acceptors (Lipinski definition) is 4. The van der Waals surface area contributed by atoms with E-state index in [1.165, 1.54) is 11.3 Å². The van der Waals surface area contributed by atoms with Gasteiger partial charge in [0.1, 0.15) is 5.00 Å². The molecule has 1 aromatic heterocycles. The summed E-state index contributed by atoms with van der Waals surface area (Å²) in [5.41, 5.74) is 1.45. The van der Waals surface area contributed by atoms with E-state index in [1.807, 2.05) is 13.8 Å². The summed E-state index contributed by atoms with van der Waals surface area (Å²) in [6.45, 7) is 6.00. The second kappa shape index (κ2) is 5.65. The third-order valence-corrected chi connectivity index (χ3v) is 3.31. The Labute approximate surface area is 98.6 Å². The Morgan fingerprint density at radius 2 is 2.19 bits per heavy atom. The Kier molecular flexibility index (Phi) is 4.49. The minimum absolute atomic E-state index is 0.331. The molecule has 0 atom stereocenters. The second-order valence-corrected chi connectivity index (χ2v) is 4.40. The zero-order valence-corrected chi connectivity index (χ0v) is 10.4. The standard InChI is InChI=1S/C11H15NO3S/c1-4-8-7(3)16-10(12-6-13)9(8)11(14)15-5-2/h6H,4-5H2,1-3H3,(H,12,13). The van der Waals surface area contributed by atoms with Crippen LogP contribution in [0.5, 0.6) is 0 Å². The molecule has 1 amide bonds. The summed E-state index contributed by atoms with van der Waals surface area (Å²) < 4.78 is 4.98. The molecule has 0 aliphatic heterocycles. The van der Waals surface area contributed by atoms with Gasteiger partial charge < -0.3 is 10.1 Å².